The molecular formula is C19H23N7O2. The maximum absolute atomic E-state index is 12.7. The van der Waals surface area contributed by atoms with Crippen LogP contribution in [0.5, 0.6) is 0 Å². The smallest absolute Gasteiger partial charge is 0.244 e. The fraction of sp³-hybridized carbons (Fsp3) is 0.421. The van der Waals surface area contributed by atoms with Crippen LogP contribution in [0.2, 0.25) is 0 Å². The Balaban J connectivity index is 1.40. The lowest BCUT2D eigenvalue weighted by molar-refractivity contribution is -0.132. The van der Waals surface area contributed by atoms with Crippen LogP contribution < -0.4 is 0 Å². The fourth-order valence-electron chi connectivity index (χ4n) is 3.44. The Kier molecular flexibility index (Phi) is 5.16. The zero-order valence-corrected chi connectivity index (χ0v) is 16.0. The van der Waals surface area contributed by atoms with E-state index in [1.807, 2.05) is 6.92 Å². The number of benzene rings is 1. The van der Waals surface area contributed by atoms with Gasteiger partial charge in [-0.2, -0.15) is 0 Å². The first-order valence-corrected chi connectivity index (χ1v) is 9.32. The Morgan fingerprint density at radius 3 is 2.89 bits per heavy atom. The van der Waals surface area contributed by atoms with Crippen LogP contribution in [-0.4, -0.2) is 54.7 Å². The molecule has 1 aliphatic rings. The van der Waals surface area contributed by atoms with E-state index in [4.69, 9.17) is 4.52 Å². The zero-order valence-electron chi connectivity index (χ0n) is 16.0. The van der Waals surface area contributed by atoms with Crippen molar-refractivity contribution >= 4 is 5.91 Å². The summed E-state index contributed by atoms with van der Waals surface area (Å²) < 4.78 is 6.45. The molecule has 0 aliphatic carbocycles. The Hall–Kier alpha value is -3.07. The molecule has 3 heterocycles. The molecule has 1 amide bonds. The van der Waals surface area contributed by atoms with Crippen LogP contribution in [0.15, 0.2) is 41.1 Å². The molecule has 0 radical (unpaired) electrons. The summed E-state index contributed by atoms with van der Waals surface area (Å²) in [5.41, 5.74) is 3.45. The van der Waals surface area contributed by atoms with E-state index in [-0.39, 0.29) is 18.5 Å². The number of amides is 1. The van der Waals surface area contributed by atoms with Gasteiger partial charge in [-0.3, -0.25) is 9.69 Å². The first kappa shape index (κ1) is 18.3. The highest BCUT2D eigenvalue weighted by Gasteiger charge is 2.23. The molecule has 146 valence electrons. The summed E-state index contributed by atoms with van der Waals surface area (Å²) in [5.74, 6) is 0.600. The number of rotatable bonds is 6. The average Bonchev–Trinajstić information content (AvgIpc) is 3.39. The van der Waals surface area contributed by atoms with Crippen molar-refractivity contribution < 1.29 is 9.32 Å². The van der Waals surface area contributed by atoms with Gasteiger partial charge in [-0.1, -0.05) is 29.4 Å². The quantitative estimate of drug-likeness (QED) is 0.638. The second-order valence-corrected chi connectivity index (χ2v) is 7.09. The van der Waals surface area contributed by atoms with E-state index in [1.165, 1.54) is 17.4 Å². The van der Waals surface area contributed by atoms with Crippen molar-refractivity contribution in [2.24, 2.45) is 0 Å². The van der Waals surface area contributed by atoms with Gasteiger partial charge in [0.05, 0.1) is 12.6 Å². The van der Waals surface area contributed by atoms with Crippen molar-refractivity contribution in [2.45, 2.75) is 39.0 Å². The van der Waals surface area contributed by atoms with Gasteiger partial charge in [0.1, 0.15) is 18.5 Å². The molecule has 4 rings (SSSR count). The number of hydrogen-bond donors (Lipinski definition) is 0. The summed E-state index contributed by atoms with van der Waals surface area (Å²) in [4.78, 5) is 16.6. The third-order valence-corrected chi connectivity index (χ3v) is 5.33. The zero-order chi connectivity index (χ0) is 19.5. The largest absolute Gasteiger partial charge is 0.364 e. The number of hydrogen-bond acceptors (Lipinski definition) is 7. The van der Waals surface area contributed by atoms with Crippen LogP contribution in [0.1, 0.15) is 35.6 Å². The van der Waals surface area contributed by atoms with Crippen LogP contribution in [0.3, 0.4) is 0 Å². The summed E-state index contributed by atoms with van der Waals surface area (Å²) in [6, 6.07) is 10.1. The second kappa shape index (κ2) is 7.89. The van der Waals surface area contributed by atoms with E-state index in [1.54, 1.807) is 22.7 Å². The summed E-state index contributed by atoms with van der Waals surface area (Å²) in [7, 11) is 1.74. The summed E-state index contributed by atoms with van der Waals surface area (Å²) in [5, 5.41) is 15.8. The molecule has 3 aromatic rings. The first-order chi connectivity index (χ1) is 13.6. The molecular weight excluding hydrogens is 358 g/mol. The lowest BCUT2D eigenvalue weighted by atomic mass is 10.00. The maximum atomic E-state index is 12.7. The summed E-state index contributed by atoms with van der Waals surface area (Å²) in [6.07, 6.45) is 2.51. The van der Waals surface area contributed by atoms with E-state index in [9.17, 15) is 4.79 Å². The van der Waals surface area contributed by atoms with E-state index >= 15 is 0 Å². The predicted molar refractivity (Wildman–Crippen MR) is 99.8 cm³/mol. The average molecular weight is 381 g/mol. The molecule has 1 unspecified atom stereocenters. The van der Waals surface area contributed by atoms with Crippen LogP contribution in [-0.2, 0) is 30.8 Å². The molecule has 2 aromatic heterocycles. The number of likely N-dealkylation sites (N-methyl/N-ethyl adjacent to an activating group) is 1. The van der Waals surface area contributed by atoms with Gasteiger partial charge < -0.3 is 9.42 Å². The summed E-state index contributed by atoms with van der Waals surface area (Å²) >= 11 is 0. The van der Waals surface area contributed by atoms with E-state index < -0.39 is 0 Å². The first-order valence-electron chi connectivity index (χ1n) is 9.32. The molecule has 0 saturated carbocycles. The standard InChI is InChI=1S/C19H23N7O2/c1-14(17-8-10-28-21-17)24(2)19(27)13-26-18(20-22-23-26)12-25-9-7-15-5-3-4-6-16(15)11-25/h3-6,8,10,14H,7,9,11-13H2,1-2H3. The molecule has 0 bridgehead atoms. The van der Waals surface area contributed by atoms with E-state index in [0.29, 0.717) is 18.1 Å². The fourth-order valence-corrected chi connectivity index (χ4v) is 3.44. The van der Waals surface area contributed by atoms with Gasteiger partial charge in [-0.25, -0.2) is 4.68 Å². The van der Waals surface area contributed by atoms with Crippen molar-refractivity contribution in [1.82, 2.24) is 35.2 Å². The molecule has 1 atom stereocenters. The van der Waals surface area contributed by atoms with Gasteiger partial charge in [0.15, 0.2) is 5.82 Å². The maximum Gasteiger partial charge on any atom is 0.244 e. The minimum absolute atomic E-state index is 0.0887. The summed E-state index contributed by atoms with van der Waals surface area (Å²) in [6.45, 7) is 4.41. The lowest BCUT2D eigenvalue weighted by Crippen LogP contribution is -2.35. The highest BCUT2D eigenvalue weighted by Crippen LogP contribution is 2.20. The van der Waals surface area contributed by atoms with Crippen molar-refractivity contribution in [3.05, 3.63) is 59.2 Å². The van der Waals surface area contributed by atoms with E-state index in [0.717, 1.165) is 19.5 Å². The van der Waals surface area contributed by atoms with Gasteiger partial charge >= 0.3 is 0 Å². The third-order valence-electron chi connectivity index (χ3n) is 5.33. The molecule has 0 fully saturated rings. The van der Waals surface area contributed by atoms with Crippen LogP contribution in [0.4, 0.5) is 0 Å². The van der Waals surface area contributed by atoms with Gasteiger partial charge in [0, 0.05) is 26.2 Å². The van der Waals surface area contributed by atoms with Crippen molar-refractivity contribution in [3.63, 3.8) is 0 Å². The van der Waals surface area contributed by atoms with Crippen LogP contribution in [0.25, 0.3) is 0 Å². The molecule has 1 aliphatic heterocycles. The Bertz CT molecular complexity index is 937. The number of carbonyl (C=O) groups is 1. The number of fused-ring (bicyclic) bond motifs is 1. The number of aromatic nitrogens is 5. The number of nitrogens with zero attached hydrogens (tertiary/aromatic N) is 7. The number of tetrazole rings is 1. The molecule has 0 spiro atoms. The second-order valence-electron chi connectivity index (χ2n) is 7.09. The van der Waals surface area contributed by atoms with E-state index in [2.05, 4.69) is 49.8 Å². The topological polar surface area (TPSA) is 93.2 Å². The van der Waals surface area contributed by atoms with Gasteiger partial charge in [-0.15, -0.1) is 5.10 Å². The normalized spacial score (nSPS) is 15.2. The minimum Gasteiger partial charge on any atom is -0.364 e. The van der Waals surface area contributed by atoms with Gasteiger partial charge in [0.2, 0.25) is 5.91 Å². The Morgan fingerprint density at radius 2 is 2.11 bits per heavy atom. The highest BCUT2D eigenvalue weighted by molar-refractivity contribution is 5.76. The van der Waals surface area contributed by atoms with Crippen molar-refractivity contribution in [2.75, 3.05) is 13.6 Å². The number of carbonyl (C=O) groups excluding carboxylic acids is 1. The third kappa shape index (κ3) is 3.79. The van der Waals surface area contributed by atoms with Crippen molar-refractivity contribution in [3.8, 4) is 0 Å². The molecule has 28 heavy (non-hydrogen) atoms. The Labute approximate surface area is 162 Å². The molecule has 9 nitrogen and oxygen atoms in total. The monoisotopic (exact) mass is 381 g/mol. The molecule has 0 saturated heterocycles. The van der Waals surface area contributed by atoms with Gasteiger partial charge in [0.25, 0.3) is 0 Å². The highest BCUT2D eigenvalue weighted by atomic mass is 16.5. The predicted octanol–water partition coefficient (Wildman–Crippen LogP) is 1.44. The molecule has 1 aromatic carbocycles. The lowest BCUT2D eigenvalue weighted by Gasteiger charge is -2.28. The van der Waals surface area contributed by atoms with Crippen LogP contribution in [0, 0.1) is 0 Å². The minimum atomic E-state index is -0.190. The molecule has 0 N–H and O–H groups in total. The molecule has 9 heteroatoms. The van der Waals surface area contributed by atoms with Crippen LogP contribution >= 0.6 is 0 Å². The van der Waals surface area contributed by atoms with Gasteiger partial charge in [-0.05, 0) is 34.9 Å². The Morgan fingerprint density at radius 1 is 1.29 bits per heavy atom. The SMILES string of the molecule is CC(c1ccon1)N(C)C(=O)Cn1nnnc1CN1CCc2ccccc2C1. The van der Waals surface area contributed by atoms with Crippen molar-refractivity contribution in [1.29, 1.82) is 0 Å².